The minimum Gasteiger partial charge on any atom is -0.377 e. The van der Waals surface area contributed by atoms with Crippen LogP contribution in [0.2, 0.25) is 0 Å². The first kappa shape index (κ1) is 13.6. The molecule has 0 amide bonds. The Hall–Kier alpha value is -0.840. The van der Waals surface area contributed by atoms with Crippen molar-refractivity contribution >= 4 is 21.6 Å². The molecule has 0 aliphatic heterocycles. The standard InChI is InChI=1S/C13H20BrN3O/c1-4-13(6-5-7-13)16-10-8-15-17(9(2)3)12(18)11(10)14/h8-9,16H,4-7H2,1-3H3. The molecule has 1 saturated carbocycles. The minimum atomic E-state index is -0.0689. The van der Waals surface area contributed by atoms with E-state index in [9.17, 15) is 4.79 Å². The van der Waals surface area contributed by atoms with E-state index in [4.69, 9.17) is 0 Å². The van der Waals surface area contributed by atoms with Crippen LogP contribution in [0.25, 0.3) is 0 Å². The van der Waals surface area contributed by atoms with Gasteiger partial charge in [-0.1, -0.05) is 6.92 Å². The molecule has 5 heteroatoms. The molecular weight excluding hydrogens is 294 g/mol. The maximum absolute atomic E-state index is 12.1. The first-order chi connectivity index (χ1) is 8.49. The van der Waals surface area contributed by atoms with Crippen molar-refractivity contribution in [1.29, 1.82) is 0 Å². The van der Waals surface area contributed by atoms with Crippen LogP contribution in [0, 0.1) is 0 Å². The van der Waals surface area contributed by atoms with E-state index in [1.54, 1.807) is 6.20 Å². The molecule has 4 nitrogen and oxygen atoms in total. The average molecular weight is 314 g/mol. The van der Waals surface area contributed by atoms with Crippen LogP contribution in [-0.2, 0) is 0 Å². The normalized spacial score (nSPS) is 17.6. The lowest BCUT2D eigenvalue weighted by Crippen LogP contribution is -2.45. The molecule has 1 heterocycles. The molecule has 1 aliphatic carbocycles. The Morgan fingerprint density at radius 1 is 1.56 bits per heavy atom. The van der Waals surface area contributed by atoms with Crippen LogP contribution >= 0.6 is 15.9 Å². The summed E-state index contributed by atoms with van der Waals surface area (Å²) in [5.74, 6) is 0. The summed E-state index contributed by atoms with van der Waals surface area (Å²) < 4.78 is 2.08. The lowest BCUT2D eigenvalue weighted by Gasteiger charge is -2.43. The molecule has 100 valence electrons. The number of halogens is 1. The van der Waals surface area contributed by atoms with E-state index in [0.29, 0.717) is 4.47 Å². The second kappa shape index (κ2) is 5.03. The van der Waals surface area contributed by atoms with Crippen LogP contribution in [-0.4, -0.2) is 15.3 Å². The second-order valence-corrected chi connectivity index (χ2v) is 6.12. The molecule has 1 N–H and O–H groups in total. The predicted molar refractivity (Wildman–Crippen MR) is 77.1 cm³/mol. The van der Waals surface area contributed by atoms with Gasteiger partial charge in [-0.05, 0) is 55.5 Å². The zero-order valence-corrected chi connectivity index (χ0v) is 12.7. The van der Waals surface area contributed by atoms with E-state index in [2.05, 4.69) is 33.3 Å². The number of hydrogen-bond acceptors (Lipinski definition) is 3. The predicted octanol–water partition coefficient (Wildman–Crippen LogP) is 3.33. The maximum atomic E-state index is 12.1. The summed E-state index contributed by atoms with van der Waals surface area (Å²) >= 11 is 3.40. The molecule has 18 heavy (non-hydrogen) atoms. The van der Waals surface area contributed by atoms with E-state index in [1.807, 2.05) is 13.8 Å². The maximum Gasteiger partial charge on any atom is 0.283 e. The molecule has 0 saturated heterocycles. The summed E-state index contributed by atoms with van der Waals surface area (Å²) in [5, 5.41) is 7.72. The molecule has 1 aromatic rings. The molecule has 0 bridgehead atoms. The van der Waals surface area contributed by atoms with Crippen molar-refractivity contribution < 1.29 is 0 Å². The minimum absolute atomic E-state index is 0.0689. The van der Waals surface area contributed by atoms with Crippen LogP contribution in [0.4, 0.5) is 5.69 Å². The number of hydrogen-bond donors (Lipinski definition) is 1. The molecule has 0 spiro atoms. The summed E-state index contributed by atoms with van der Waals surface area (Å²) in [6, 6.07) is 0.0756. The summed E-state index contributed by atoms with van der Waals surface area (Å²) in [5.41, 5.74) is 0.916. The van der Waals surface area contributed by atoms with Gasteiger partial charge in [-0.25, -0.2) is 4.68 Å². The Bertz CT molecular complexity index is 486. The Morgan fingerprint density at radius 3 is 2.67 bits per heavy atom. The Kier molecular flexibility index (Phi) is 3.80. The number of rotatable bonds is 4. The van der Waals surface area contributed by atoms with Crippen LogP contribution in [0.3, 0.4) is 0 Å². The largest absolute Gasteiger partial charge is 0.377 e. The van der Waals surface area contributed by atoms with E-state index in [0.717, 1.165) is 12.1 Å². The summed E-state index contributed by atoms with van der Waals surface area (Å²) in [6.45, 7) is 6.09. The van der Waals surface area contributed by atoms with Crippen LogP contribution in [0.1, 0.15) is 52.5 Å². The highest BCUT2D eigenvalue weighted by Gasteiger charge is 2.35. The third kappa shape index (κ3) is 2.32. The highest BCUT2D eigenvalue weighted by molar-refractivity contribution is 9.10. The van der Waals surface area contributed by atoms with Gasteiger partial charge in [0.1, 0.15) is 4.47 Å². The number of nitrogens with one attached hydrogen (secondary N) is 1. The van der Waals surface area contributed by atoms with Gasteiger partial charge in [-0.3, -0.25) is 4.79 Å². The molecule has 1 aromatic heterocycles. The van der Waals surface area contributed by atoms with Gasteiger partial charge in [0.2, 0.25) is 0 Å². The quantitative estimate of drug-likeness (QED) is 0.927. The third-order valence-electron chi connectivity index (χ3n) is 3.82. The van der Waals surface area contributed by atoms with Crippen molar-refractivity contribution in [3.8, 4) is 0 Å². The summed E-state index contributed by atoms with van der Waals surface area (Å²) in [4.78, 5) is 12.1. The number of aromatic nitrogens is 2. The van der Waals surface area contributed by atoms with E-state index in [1.165, 1.54) is 23.9 Å². The monoisotopic (exact) mass is 313 g/mol. The van der Waals surface area contributed by atoms with Gasteiger partial charge in [-0.2, -0.15) is 5.10 Å². The van der Waals surface area contributed by atoms with Gasteiger partial charge in [0.25, 0.3) is 5.56 Å². The van der Waals surface area contributed by atoms with Crippen molar-refractivity contribution in [3.63, 3.8) is 0 Å². The Morgan fingerprint density at radius 2 is 2.22 bits per heavy atom. The van der Waals surface area contributed by atoms with Crippen molar-refractivity contribution in [2.24, 2.45) is 0 Å². The molecule has 0 aromatic carbocycles. The fourth-order valence-corrected chi connectivity index (χ4v) is 2.74. The highest BCUT2D eigenvalue weighted by atomic mass is 79.9. The average Bonchev–Trinajstić information content (AvgIpc) is 2.28. The van der Waals surface area contributed by atoms with Crippen molar-refractivity contribution in [2.45, 2.75) is 58.0 Å². The van der Waals surface area contributed by atoms with Crippen LogP contribution in [0.5, 0.6) is 0 Å². The second-order valence-electron chi connectivity index (χ2n) is 5.33. The third-order valence-corrected chi connectivity index (χ3v) is 4.59. The van der Waals surface area contributed by atoms with Gasteiger partial charge in [0.15, 0.2) is 0 Å². The zero-order valence-electron chi connectivity index (χ0n) is 11.2. The number of anilines is 1. The van der Waals surface area contributed by atoms with Crippen molar-refractivity contribution in [1.82, 2.24) is 9.78 Å². The van der Waals surface area contributed by atoms with E-state index in [-0.39, 0.29) is 17.1 Å². The van der Waals surface area contributed by atoms with Gasteiger partial charge >= 0.3 is 0 Å². The van der Waals surface area contributed by atoms with Gasteiger partial charge in [0.05, 0.1) is 17.9 Å². The first-order valence-electron chi connectivity index (χ1n) is 6.54. The Labute approximate surface area is 116 Å². The lowest BCUT2D eigenvalue weighted by atomic mass is 9.75. The lowest BCUT2D eigenvalue weighted by molar-refractivity contribution is 0.269. The van der Waals surface area contributed by atoms with Gasteiger partial charge in [0, 0.05) is 5.54 Å². The molecular formula is C13H20BrN3O. The van der Waals surface area contributed by atoms with Crippen LogP contribution in [0.15, 0.2) is 15.5 Å². The van der Waals surface area contributed by atoms with E-state index < -0.39 is 0 Å². The zero-order chi connectivity index (χ0) is 13.3. The number of nitrogens with zero attached hydrogens (tertiary/aromatic N) is 2. The van der Waals surface area contributed by atoms with Gasteiger partial charge in [-0.15, -0.1) is 0 Å². The van der Waals surface area contributed by atoms with E-state index >= 15 is 0 Å². The van der Waals surface area contributed by atoms with Crippen molar-refractivity contribution in [2.75, 3.05) is 5.32 Å². The SMILES string of the molecule is CCC1(Nc2cnn(C(C)C)c(=O)c2Br)CCC1. The van der Waals surface area contributed by atoms with Gasteiger partial charge < -0.3 is 5.32 Å². The van der Waals surface area contributed by atoms with Crippen LogP contribution < -0.4 is 10.9 Å². The summed E-state index contributed by atoms with van der Waals surface area (Å²) in [7, 11) is 0. The molecule has 0 atom stereocenters. The molecule has 1 aliphatic rings. The highest BCUT2D eigenvalue weighted by Crippen LogP contribution is 2.38. The Balaban J connectivity index is 2.30. The molecule has 0 unspecified atom stereocenters. The molecule has 0 radical (unpaired) electrons. The topological polar surface area (TPSA) is 46.9 Å². The fraction of sp³-hybridized carbons (Fsp3) is 0.692. The molecule has 2 rings (SSSR count). The fourth-order valence-electron chi connectivity index (χ4n) is 2.36. The first-order valence-corrected chi connectivity index (χ1v) is 7.34. The summed E-state index contributed by atoms with van der Waals surface area (Å²) in [6.07, 6.45) is 6.43. The van der Waals surface area contributed by atoms with Crippen molar-refractivity contribution in [3.05, 3.63) is 21.0 Å². The molecule has 1 fully saturated rings. The smallest absolute Gasteiger partial charge is 0.283 e.